The predicted molar refractivity (Wildman–Crippen MR) is 136 cm³/mol. The van der Waals surface area contributed by atoms with Crippen LogP contribution in [0.5, 0.6) is 0 Å². The molecule has 1 saturated heterocycles. The Kier molecular flexibility index (Phi) is 6.68. The molecule has 3 aromatic heterocycles. The van der Waals surface area contributed by atoms with Gasteiger partial charge in [-0.2, -0.15) is 13.2 Å². The zero-order chi connectivity index (χ0) is 27.9. The van der Waals surface area contributed by atoms with Gasteiger partial charge in [-0.15, -0.1) is 0 Å². The number of nitrogens with one attached hydrogen (secondary N) is 1. The molecule has 0 bridgehead atoms. The number of hydrogen-bond acceptors (Lipinski definition) is 7. The van der Waals surface area contributed by atoms with Crippen LogP contribution in [0, 0.1) is 0 Å². The predicted octanol–water partition coefficient (Wildman–Crippen LogP) is 3.91. The summed E-state index contributed by atoms with van der Waals surface area (Å²) in [5.74, 6) is -0.956. The molecule has 4 aromatic rings. The number of carboxylic acid groups (broad SMARTS) is 1. The number of benzene rings is 1. The highest BCUT2D eigenvalue weighted by atomic mass is 19.4. The van der Waals surface area contributed by atoms with Crippen LogP contribution < -0.4 is 11.1 Å². The smallest absolute Gasteiger partial charge is 0.416 e. The van der Waals surface area contributed by atoms with Gasteiger partial charge in [-0.25, -0.2) is 15.0 Å². The molecular formula is C26H24F3N7O3. The molecule has 202 valence electrons. The van der Waals surface area contributed by atoms with Gasteiger partial charge < -0.3 is 16.2 Å². The number of amides is 1. The summed E-state index contributed by atoms with van der Waals surface area (Å²) in [5, 5.41) is 12.0. The fourth-order valence-corrected chi connectivity index (χ4v) is 4.83. The van der Waals surface area contributed by atoms with Crippen LogP contribution in [0.15, 0.2) is 55.0 Å². The number of alkyl halides is 3. The van der Waals surface area contributed by atoms with Crippen LogP contribution in [0.25, 0.3) is 16.8 Å². The number of rotatable bonds is 5. The number of likely N-dealkylation sites (tertiary alicyclic amines) is 1. The van der Waals surface area contributed by atoms with E-state index in [2.05, 4.69) is 15.3 Å². The number of fused-ring (bicyclic) bond motifs is 1. The fourth-order valence-electron chi connectivity index (χ4n) is 4.83. The number of carboxylic acids is 1. The molecule has 1 aliphatic rings. The number of pyridine rings is 1. The summed E-state index contributed by atoms with van der Waals surface area (Å²) in [7, 11) is 1.78. The minimum absolute atomic E-state index is 0.129. The lowest BCUT2D eigenvalue weighted by atomic mass is 9.90. The van der Waals surface area contributed by atoms with Gasteiger partial charge >= 0.3 is 12.1 Å². The van der Waals surface area contributed by atoms with Crippen molar-refractivity contribution in [1.82, 2.24) is 24.3 Å². The van der Waals surface area contributed by atoms with Crippen molar-refractivity contribution < 1.29 is 27.9 Å². The highest BCUT2D eigenvalue weighted by Crippen LogP contribution is 2.36. The Morgan fingerprint density at radius 3 is 2.56 bits per heavy atom. The normalized spacial score (nSPS) is 18.3. The first-order valence-electron chi connectivity index (χ1n) is 12.0. The number of nitrogens with two attached hydrogens (primary N) is 1. The van der Waals surface area contributed by atoms with Gasteiger partial charge in [0.2, 0.25) is 0 Å². The van der Waals surface area contributed by atoms with Crippen molar-refractivity contribution in [3.8, 4) is 11.3 Å². The molecule has 4 heterocycles. The molecule has 0 radical (unpaired) electrons. The van der Waals surface area contributed by atoms with Crippen LogP contribution in [0.2, 0.25) is 0 Å². The molecule has 1 aliphatic heterocycles. The van der Waals surface area contributed by atoms with E-state index >= 15 is 0 Å². The van der Waals surface area contributed by atoms with Crippen molar-refractivity contribution in [3.05, 3.63) is 71.9 Å². The summed E-state index contributed by atoms with van der Waals surface area (Å²) >= 11 is 0. The summed E-state index contributed by atoms with van der Waals surface area (Å²) in [5.41, 5.74) is 7.21. The summed E-state index contributed by atoms with van der Waals surface area (Å²) in [4.78, 5) is 39.1. The van der Waals surface area contributed by atoms with Crippen molar-refractivity contribution in [1.29, 1.82) is 0 Å². The van der Waals surface area contributed by atoms with Gasteiger partial charge in [-0.05, 0) is 50.7 Å². The fraction of sp³-hybridized carbons (Fsp3) is 0.269. The van der Waals surface area contributed by atoms with E-state index in [0.29, 0.717) is 42.0 Å². The van der Waals surface area contributed by atoms with Gasteiger partial charge in [-0.1, -0.05) is 12.1 Å². The first-order valence-corrected chi connectivity index (χ1v) is 12.0. The quantitative estimate of drug-likeness (QED) is 0.347. The Morgan fingerprint density at radius 1 is 1.13 bits per heavy atom. The van der Waals surface area contributed by atoms with Crippen molar-refractivity contribution in [2.24, 2.45) is 0 Å². The third kappa shape index (κ3) is 5.12. The maximum absolute atomic E-state index is 13.0. The van der Waals surface area contributed by atoms with Crippen molar-refractivity contribution in [2.75, 3.05) is 24.6 Å². The van der Waals surface area contributed by atoms with E-state index in [4.69, 9.17) is 10.7 Å². The van der Waals surface area contributed by atoms with Crippen molar-refractivity contribution in [3.63, 3.8) is 0 Å². The first-order chi connectivity index (χ1) is 18.5. The standard InChI is InChI=1S/C26H24F3N7O3/c1-35-10-7-16(12-18(35)25(38)39)23-34-20(21-22(30)32-9-11-36(21)23)14-2-4-15(5-3-14)24(37)33-19-13-17(6-8-31-19)26(27,28)29/h2-6,8-9,11,13,16,18H,7,10,12H2,1H3,(H2,30,32)(H,38,39)(H,31,33,37)/t16-,18+/m0/s1. The summed E-state index contributed by atoms with van der Waals surface area (Å²) in [6.07, 6.45) is 0.796. The van der Waals surface area contributed by atoms with Crippen LogP contribution in [0.3, 0.4) is 0 Å². The van der Waals surface area contributed by atoms with Gasteiger partial charge in [-0.3, -0.25) is 18.9 Å². The van der Waals surface area contributed by atoms with Crippen LogP contribution >= 0.6 is 0 Å². The largest absolute Gasteiger partial charge is 0.480 e. The Morgan fingerprint density at radius 2 is 1.87 bits per heavy atom. The summed E-state index contributed by atoms with van der Waals surface area (Å²) in [6.45, 7) is 0.594. The Labute approximate surface area is 220 Å². The molecule has 1 fully saturated rings. The van der Waals surface area contributed by atoms with Crippen LogP contribution in [0.4, 0.5) is 24.8 Å². The monoisotopic (exact) mass is 539 g/mol. The maximum atomic E-state index is 13.0. The van der Waals surface area contributed by atoms with Gasteiger partial charge in [0.15, 0.2) is 0 Å². The number of aromatic nitrogens is 4. The lowest BCUT2D eigenvalue weighted by Gasteiger charge is -2.33. The van der Waals surface area contributed by atoms with E-state index in [-0.39, 0.29) is 23.1 Å². The Bertz CT molecular complexity index is 1550. The second kappa shape index (κ2) is 9.98. The first kappa shape index (κ1) is 26.1. The molecule has 39 heavy (non-hydrogen) atoms. The third-order valence-corrected chi connectivity index (χ3v) is 6.88. The molecule has 5 rings (SSSR count). The van der Waals surface area contributed by atoms with E-state index < -0.39 is 29.7 Å². The second-order valence-electron chi connectivity index (χ2n) is 9.36. The van der Waals surface area contributed by atoms with Gasteiger partial charge in [0.05, 0.1) is 5.56 Å². The molecule has 1 aromatic carbocycles. The number of imidazole rings is 1. The van der Waals surface area contributed by atoms with E-state index in [1.807, 2.05) is 9.30 Å². The number of likely N-dealkylation sites (N-methyl/N-ethyl adjacent to an activating group) is 1. The number of carbonyl (C=O) groups is 2. The third-order valence-electron chi connectivity index (χ3n) is 6.88. The zero-order valence-electron chi connectivity index (χ0n) is 20.7. The van der Waals surface area contributed by atoms with Gasteiger partial charge in [0.25, 0.3) is 5.91 Å². The summed E-state index contributed by atoms with van der Waals surface area (Å²) in [6, 6.07) is 7.30. The van der Waals surface area contributed by atoms with E-state index in [1.165, 1.54) is 12.1 Å². The lowest BCUT2D eigenvalue weighted by molar-refractivity contribution is -0.144. The lowest BCUT2D eigenvalue weighted by Crippen LogP contribution is -2.44. The van der Waals surface area contributed by atoms with Crippen LogP contribution in [-0.4, -0.2) is 60.9 Å². The molecule has 0 aliphatic carbocycles. The highest BCUT2D eigenvalue weighted by molar-refractivity contribution is 6.04. The molecule has 2 atom stereocenters. The highest BCUT2D eigenvalue weighted by Gasteiger charge is 2.34. The molecule has 13 heteroatoms. The molecule has 4 N–H and O–H groups in total. The molecule has 0 unspecified atom stereocenters. The minimum atomic E-state index is -4.56. The Hall–Kier alpha value is -4.52. The zero-order valence-corrected chi connectivity index (χ0v) is 20.7. The van der Waals surface area contributed by atoms with E-state index in [9.17, 15) is 27.9 Å². The molecule has 10 nitrogen and oxygen atoms in total. The van der Waals surface area contributed by atoms with E-state index in [1.54, 1.807) is 31.6 Å². The molecular weight excluding hydrogens is 515 g/mol. The van der Waals surface area contributed by atoms with Gasteiger partial charge in [0.1, 0.15) is 34.7 Å². The number of halogens is 3. The van der Waals surface area contributed by atoms with Gasteiger partial charge in [0, 0.05) is 35.6 Å². The van der Waals surface area contributed by atoms with E-state index in [0.717, 1.165) is 18.3 Å². The summed E-state index contributed by atoms with van der Waals surface area (Å²) < 4.78 is 40.8. The topological polar surface area (TPSA) is 139 Å². The SMILES string of the molecule is CN1CC[C@H](c2nc(-c3ccc(C(=O)Nc4cc(C(F)(F)F)ccn4)cc3)c3c(N)nccn23)C[C@@H]1C(=O)O. The number of aliphatic carboxylic acids is 1. The van der Waals surface area contributed by atoms with Crippen LogP contribution in [-0.2, 0) is 11.0 Å². The second-order valence-corrected chi connectivity index (χ2v) is 9.36. The minimum Gasteiger partial charge on any atom is -0.480 e. The number of nitrogens with zero attached hydrogens (tertiary/aromatic N) is 5. The maximum Gasteiger partial charge on any atom is 0.416 e. The van der Waals surface area contributed by atoms with Crippen molar-refractivity contribution in [2.45, 2.75) is 31.0 Å². The number of nitrogen functional groups attached to an aromatic ring is 1. The number of anilines is 2. The van der Waals surface area contributed by atoms with Crippen LogP contribution in [0.1, 0.15) is 40.5 Å². The number of piperidine rings is 1. The molecule has 0 spiro atoms. The molecule has 1 amide bonds. The average Bonchev–Trinajstić information content (AvgIpc) is 3.29. The van der Waals surface area contributed by atoms with Crippen molar-refractivity contribution >= 4 is 29.0 Å². The molecule has 0 saturated carbocycles. The average molecular weight is 540 g/mol. The number of hydrogen-bond donors (Lipinski definition) is 3. The Balaban J connectivity index is 1.44. The number of carbonyl (C=O) groups excluding carboxylic acids is 1.